The molecule has 2 aliphatic heterocycles. The van der Waals surface area contributed by atoms with Crippen LogP contribution >= 0.6 is 0 Å². The standard InChI is InChI=1S/C16H28N4/c1-3-4-9-17-16-18-13(2)12-20(16)15-8-11-19-10-6-5-7-14(15)19/h12,14-15H,3-11H2,1-2H3,(H,17,18). The second-order valence-electron chi connectivity index (χ2n) is 6.35. The van der Waals surface area contributed by atoms with E-state index in [1.54, 1.807) is 0 Å². The Kier molecular flexibility index (Phi) is 4.29. The smallest absolute Gasteiger partial charge is 0.203 e. The van der Waals surface area contributed by atoms with Gasteiger partial charge in [-0.25, -0.2) is 4.98 Å². The summed E-state index contributed by atoms with van der Waals surface area (Å²) >= 11 is 0. The average Bonchev–Trinajstić information content (AvgIpc) is 3.02. The molecule has 2 fully saturated rings. The number of nitrogens with zero attached hydrogens (tertiary/aromatic N) is 3. The normalized spacial score (nSPS) is 26.7. The number of fused-ring (bicyclic) bond motifs is 1. The Hall–Kier alpha value is -1.03. The summed E-state index contributed by atoms with van der Waals surface area (Å²) in [5, 5.41) is 3.54. The van der Waals surface area contributed by atoms with Crippen LogP contribution < -0.4 is 5.32 Å². The minimum Gasteiger partial charge on any atom is -0.356 e. The molecule has 0 saturated carbocycles. The van der Waals surface area contributed by atoms with Crippen molar-refractivity contribution < 1.29 is 0 Å². The quantitative estimate of drug-likeness (QED) is 0.838. The number of piperidine rings is 1. The van der Waals surface area contributed by atoms with Gasteiger partial charge in [-0.3, -0.25) is 4.90 Å². The number of aryl methyl sites for hydroxylation is 1. The zero-order valence-electron chi connectivity index (χ0n) is 12.9. The average molecular weight is 276 g/mol. The van der Waals surface area contributed by atoms with Crippen LogP contribution in [0.1, 0.15) is 57.2 Å². The van der Waals surface area contributed by atoms with E-state index in [2.05, 4.69) is 34.8 Å². The third-order valence-electron chi connectivity index (χ3n) is 4.84. The SMILES string of the molecule is CCCCNc1nc(C)cn1C1CCN2CCCCC12. The van der Waals surface area contributed by atoms with Crippen molar-refractivity contribution in [1.82, 2.24) is 14.5 Å². The van der Waals surface area contributed by atoms with Crippen LogP contribution in [0.3, 0.4) is 0 Å². The summed E-state index contributed by atoms with van der Waals surface area (Å²) in [6.07, 6.45) is 10.1. The zero-order chi connectivity index (χ0) is 13.9. The summed E-state index contributed by atoms with van der Waals surface area (Å²) in [5.74, 6) is 1.09. The summed E-state index contributed by atoms with van der Waals surface area (Å²) in [7, 11) is 0. The number of nitrogens with one attached hydrogen (secondary N) is 1. The van der Waals surface area contributed by atoms with E-state index in [1.807, 2.05) is 0 Å². The summed E-state index contributed by atoms with van der Waals surface area (Å²) in [6.45, 7) is 7.94. The Bertz CT molecular complexity index is 440. The van der Waals surface area contributed by atoms with Crippen molar-refractivity contribution in [1.29, 1.82) is 0 Å². The fourth-order valence-corrected chi connectivity index (χ4v) is 3.82. The van der Waals surface area contributed by atoms with Gasteiger partial charge in [0.15, 0.2) is 0 Å². The van der Waals surface area contributed by atoms with Crippen LogP contribution in [0.5, 0.6) is 0 Å². The van der Waals surface area contributed by atoms with Crippen LogP contribution in [0.4, 0.5) is 5.95 Å². The number of aromatic nitrogens is 2. The Morgan fingerprint density at radius 3 is 3.00 bits per heavy atom. The second kappa shape index (κ2) is 6.17. The molecule has 112 valence electrons. The highest BCUT2D eigenvalue weighted by Crippen LogP contribution is 2.36. The van der Waals surface area contributed by atoms with E-state index in [1.165, 1.54) is 51.6 Å². The van der Waals surface area contributed by atoms with Crippen LogP contribution in [0.2, 0.25) is 0 Å². The molecule has 4 nitrogen and oxygen atoms in total. The van der Waals surface area contributed by atoms with Gasteiger partial charge in [0.1, 0.15) is 0 Å². The summed E-state index contributed by atoms with van der Waals surface area (Å²) in [4.78, 5) is 7.39. The fourth-order valence-electron chi connectivity index (χ4n) is 3.82. The number of imidazole rings is 1. The lowest BCUT2D eigenvalue weighted by Gasteiger charge is -2.33. The molecule has 1 aromatic heterocycles. The monoisotopic (exact) mass is 276 g/mol. The molecule has 0 radical (unpaired) electrons. The summed E-state index contributed by atoms with van der Waals surface area (Å²) in [5.41, 5.74) is 1.14. The molecule has 0 bridgehead atoms. The maximum Gasteiger partial charge on any atom is 0.203 e. The summed E-state index contributed by atoms with van der Waals surface area (Å²) in [6, 6.07) is 1.37. The number of hydrogen-bond donors (Lipinski definition) is 1. The van der Waals surface area contributed by atoms with Crippen molar-refractivity contribution in [2.24, 2.45) is 0 Å². The highest BCUT2D eigenvalue weighted by Gasteiger charge is 2.37. The predicted octanol–water partition coefficient (Wildman–Crippen LogP) is 3.20. The Labute approximate surface area is 122 Å². The molecule has 0 aromatic carbocycles. The van der Waals surface area contributed by atoms with Gasteiger partial charge in [-0.15, -0.1) is 0 Å². The van der Waals surface area contributed by atoms with Gasteiger partial charge < -0.3 is 9.88 Å². The van der Waals surface area contributed by atoms with E-state index in [0.717, 1.165) is 24.2 Å². The van der Waals surface area contributed by atoms with Gasteiger partial charge in [-0.05, 0) is 39.2 Å². The van der Waals surface area contributed by atoms with Gasteiger partial charge in [0.05, 0.1) is 11.7 Å². The molecule has 2 unspecified atom stereocenters. The van der Waals surface area contributed by atoms with Crippen LogP contribution in [-0.2, 0) is 0 Å². The molecule has 1 aromatic rings. The number of unbranched alkanes of at least 4 members (excludes halogenated alkanes) is 1. The lowest BCUT2D eigenvalue weighted by Crippen LogP contribution is -2.37. The molecule has 2 atom stereocenters. The predicted molar refractivity (Wildman–Crippen MR) is 83.2 cm³/mol. The first-order chi connectivity index (χ1) is 9.79. The topological polar surface area (TPSA) is 33.1 Å². The first kappa shape index (κ1) is 13.9. The maximum atomic E-state index is 4.70. The van der Waals surface area contributed by atoms with E-state index in [0.29, 0.717) is 6.04 Å². The third-order valence-corrected chi connectivity index (χ3v) is 4.84. The number of hydrogen-bond acceptors (Lipinski definition) is 3. The molecule has 4 heteroatoms. The first-order valence-corrected chi connectivity index (χ1v) is 8.33. The highest BCUT2D eigenvalue weighted by atomic mass is 15.3. The first-order valence-electron chi connectivity index (χ1n) is 8.33. The van der Waals surface area contributed by atoms with Crippen LogP contribution in [-0.4, -0.2) is 40.1 Å². The fraction of sp³-hybridized carbons (Fsp3) is 0.812. The van der Waals surface area contributed by atoms with Gasteiger partial charge in [-0.1, -0.05) is 19.8 Å². The largest absolute Gasteiger partial charge is 0.356 e. The summed E-state index contributed by atoms with van der Waals surface area (Å²) < 4.78 is 2.43. The number of anilines is 1. The second-order valence-corrected chi connectivity index (χ2v) is 6.35. The van der Waals surface area contributed by atoms with Crippen molar-refractivity contribution in [2.45, 2.75) is 64.5 Å². The highest BCUT2D eigenvalue weighted by molar-refractivity contribution is 5.30. The lowest BCUT2D eigenvalue weighted by atomic mass is 9.99. The Morgan fingerprint density at radius 1 is 1.25 bits per heavy atom. The lowest BCUT2D eigenvalue weighted by molar-refractivity contribution is 0.174. The zero-order valence-corrected chi connectivity index (χ0v) is 12.9. The van der Waals surface area contributed by atoms with Gasteiger partial charge in [0.25, 0.3) is 0 Å². The van der Waals surface area contributed by atoms with E-state index in [9.17, 15) is 0 Å². The molecule has 3 heterocycles. The molecular weight excluding hydrogens is 248 g/mol. The van der Waals surface area contributed by atoms with Crippen molar-refractivity contribution in [3.8, 4) is 0 Å². The molecule has 2 saturated heterocycles. The Balaban J connectivity index is 1.75. The van der Waals surface area contributed by atoms with E-state index < -0.39 is 0 Å². The van der Waals surface area contributed by atoms with Crippen molar-refractivity contribution in [3.63, 3.8) is 0 Å². The number of rotatable bonds is 5. The van der Waals surface area contributed by atoms with Gasteiger partial charge >= 0.3 is 0 Å². The molecule has 0 spiro atoms. The molecule has 2 aliphatic rings. The van der Waals surface area contributed by atoms with Crippen LogP contribution in [0, 0.1) is 6.92 Å². The van der Waals surface area contributed by atoms with Gasteiger partial charge in [-0.2, -0.15) is 0 Å². The van der Waals surface area contributed by atoms with Gasteiger partial charge in [0, 0.05) is 25.3 Å². The minimum atomic E-state index is 0.626. The van der Waals surface area contributed by atoms with Crippen molar-refractivity contribution in [3.05, 3.63) is 11.9 Å². The molecule has 3 rings (SSSR count). The van der Waals surface area contributed by atoms with Crippen molar-refractivity contribution in [2.75, 3.05) is 25.0 Å². The van der Waals surface area contributed by atoms with E-state index in [-0.39, 0.29) is 0 Å². The molecule has 1 N–H and O–H groups in total. The van der Waals surface area contributed by atoms with Crippen molar-refractivity contribution >= 4 is 5.95 Å². The Morgan fingerprint density at radius 2 is 2.15 bits per heavy atom. The van der Waals surface area contributed by atoms with E-state index >= 15 is 0 Å². The molecular formula is C16H28N4. The third kappa shape index (κ3) is 2.71. The maximum absolute atomic E-state index is 4.70. The van der Waals surface area contributed by atoms with Gasteiger partial charge in [0.2, 0.25) is 5.95 Å². The molecule has 20 heavy (non-hydrogen) atoms. The van der Waals surface area contributed by atoms with Crippen LogP contribution in [0.25, 0.3) is 0 Å². The molecule has 0 aliphatic carbocycles. The van der Waals surface area contributed by atoms with Crippen LogP contribution in [0.15, 0.2) is 6.20 Å². The minimum absolute atomic E-state index is 0.626. The molecule has 0 amide bonds. The van der Waals surface area contributed by atoms with E-state index in [4.69, 9.17) is 4.98 Å².